The lowest BCUT2D eigenvalue weighted by Crippen LogP contribution is -2.71. The van der Waals surface area contributed by atoms with Gasteiger partial charge in [-0.3, -0.25) is 24.0 Å². The summed E-state index contributed by atoms with van der Waals surface area (Å²) in [5.41, 5.74) is 4.84. The van der Waals surface area contributed by atoms with E-state index in [-0.39, 0.29) is 35.1 Å². The maximum atomic E-state index is 14.7. The Hall–Kier alpha value is -8.60. The second-order valence-corrected chi connectivity index (χ2v) is 18.8. The molecule has 72 heavy (non-hydrogen) atoms. The first-order valence-electron chi connectivity index (χ1n) is 22.9. The number of β-lactam (4-membered cyclic amide) rings is 1. The number of carbonyl (C=O) groups is 3. The summed E-state index contributed by atoms with van der Waals surface area (Å²) in [6.07, 6.45) is 5.99. The van der Waals surface area contributed by atoms with Gasteiger partial charge in [0.2, 0.25) is 5.43 Å². The zero-order valence-corrected chi connectivity index (χ0v) is 40.2. The number of allylic oxidation sites excluding steroid dienone is 2. The van der Waals surface area contributed by atoms with Gasteiger partial charge in [-0.1, -0.05) is 169 Å². The summed E-state index contributed by atoms with van der Waals surface area (Å²) >= 11 is 2.68. The van der Waals surface area contributed by atoms with Crippen molar-refractivity contribution in [3.8, 4) is 16.9 Å². The van der Waals surface area contributed by atoms with Crippen LogP contribution in [-0.2, 0) is 36.0 Å². The quantitative estimate of drug-likeness (QED) is 0.0278. The van der Waals surface area contributed by atoms with E-state index < -0.39 is 46.3 Å². The lowest BCUT2D eigenvalue weighted by molar-refractivity contribution is -0.154. The molecule has 0 saturated carbocycles. The average molecular weight is 992 g/mol. The number of benzene rings is 6. The third kappa shape index (κ3) is 9.40. The van der Waals surface area contributed by atoms with E-state index >= 15 is 0 Å². The van der Waals surface area contributed by atoms with E-state index in [1.54, 1.807) is 28.4 Å². The maximum Gasteiger partial charge on any atom is 0.356 e. The number of carbonyl (C=O) groups excluding carboxylic acids is 3. The smallest absolute Gasteiger partial charge is 0.356 e. The minimum Gasteiger partial charge on any atom is -0.504 e. The fraction of sp³-hybridized carbons (Fsp3) is 0.125. The first-order valence-corrected chi connectivity index (χ1v) is 24.8. The summed E-state index contributed by atoms with van der Waals surface area (Å²) in [6, 6.07) is 50.6. The molecule has 2 amide bonds. The maximum absolute atomic E-state index is 14.7. The Morgan fingerprint density at radius 1 is 0.833 bits per heavy atom. The molecule has 4 heterocycles. The van der Waals surface area contributed by atoms with Gasteiger partial charge in [-0.15, -0.1) is 23.1 Å². The van der Waals surface area contributed by atoms with Crippen LogP contribution >= 0.6 is 23.1 Å². The van der Waals surface area contributed by atoms with Gasteiger partial charge >= 0.3 is 5.97 Å². The van der Waals surface area contributed by atoms with Crippen molar-refractivity contribution in [1.29, 1.82) is 0 Å². The van der Waals surface area contributed by atoms with Gasteiger partial charge in [-0.25, -0.2) is 9.78 Å². The number of esters is 1. The Morgan fingerprint density at radius 3 is 2.00 bits per heavy atom. The third-order valence-corrected chi connectivity index (χ3v) is 14.4. The number of thiazole rings is 1. The van der Waals surface area contributed by atoms with Gasteiger partial charge in [0.15, 0.2) is 22.7 Å². The highest BCUT2D eigenvalue weighted by Gasteiger charge is 2.55. The molecule has 1 aromatic heterocycles. The van der Waals surface area contributed by atoms with Crippen LogP contribution < -0.4 is 16.1 Å². The molecule has 6 aromatic rings. The fourth-order valence-corrected chi connectivity index (χ4v) is 11.0. The van der Waals surface area contributed by atoms with Crippen molar-refractivity contribution in [2.75, 3.05) is 18.2 Å². The molecule has 1 saturated heterocycles. The molecular formula is C56H45N7O7S2. The van der Waals surface area contributed by atoms with Crippen molar-refractivity contribution in [2.24, 2.45) is 5.16 Å². The van der Waals surface area contributed by atoms with E-state index in [1.807, 2.05) is 115 Å². The van der Waals surface area contributed by atoms with Crippen molar-refractivity contribution < 1.29 is 29.1 Å². The van der Waals surface area contributed by atoms with Crippen LogP contribution in [0.3, 0.4) is 0 Å². The Balaban J connectivity index is 0.928. The zero-order valence-electron chi connectivity index (χ0n) is 38.6. The topological polar surface area (TPSA) is 177 Å². The number of nitrogens with zero attached hydrogens (tertiary/aromatic N) is 5. The van der Waals surface area contributed by atoms with Crippen molar-refractivity contribution in [2.45, 2.75) is 29.6 Å². The number of aromatic hydroxyl groups is 1. The summed E-state index contributed by atoms with van der Waals surface area (Å²) in [6.45, 7) is 0.250. The lowest BCUT2D eigenvalue weighted by Gasteiger charge is -2.49. The zero-order chi connectivity index (χ0) is 49.6. The molecular weight excluding hydrogens is 947 g/mol. The van der Waals surface area contributed by atoms with Crippen LogP contribution in [0.2, 0.25) is 0 Å². The van der Waals surface area contributed by atoms with Gasteiger partial charge in [0.1, 0.15) is 35.5 Å². The summed E-state index contributed by atoms with van der Waals surface area (Å²) in [7, 11) is 1.33. The minimum atomic E-state index is -1.04. The summed E-state index contributed by atoms with van der Waals surface area (Å²) in [5, 5.41) is 26.7. The van der Waals surface area contributed by atoms with Crippen LogP contribution in [0.25, 0.3) is 11.1 Å². The monoisotopic (exact) mass is 991 g/mol. The lowest BCUT2D eigenvalue weighted by atomic mass is 9.77. The van der Waals surface area contributed by atoms with Crippen LogP contribution in [0, 0.1) is 0 Å². The largest absolute Gasteiger partial charge is 0.504 e. The molecule has 3 N–H and O–H groups in total. The number of oxime groups is 1. The number of fused-ring (bicyclic) bond motifs is 2. The number of hydrogen-bond donors (Lipinski definition) is 3. The highest BCUT2D eigenvalue weighted by molar-refractivity contribution is 8.00. The van der Waals surface area contributed by atoms with Gasteiger partial charge in [0.25, 0.3) is 11.8 Å². The fourth-order valence-electron chi connectivity index (χ4n) is 8.95. The van der Waals surface area contributed by atoms with Gasteiger partial charge in [-0.2, -0.15) is 5.10 Å². The Bertz CT molecular complexity index is 3230. The highest BCUT2D eigenvalue weighted by atomic mass is 32.2. The number of nitrogens with one attached hydrogen (secondary N) is 2. The third-order valence-electron chi connectivity index (χ3n) is 12.4. The molecule has 0 radical (unpaired) electrons. The van der Waals surface area contributed by atoms with E-state index in [2.05, 4.69) is 57.3 Å². The van der Waals surface area contributed by atoms with E-state index in [0.29, 0.717) is 21.8 Å². The number of anilines is 1. The standard InChI is InChI=1S/C56H45N7O7S2/c1-69-61-47(44-35-72-55(58-44)60-56(41-23-11-4-12-24-41,42-25-13-5-14-26-42)43-27-15-6-16-28-43)51(66)59-48-52(67)63-49(54(68)70-50(36-18-7-2-8-19-36)37-20-9-3-10-21-37)38(34-71-53(48)63)22-17-29-62-33-40-31-46(65)45(64)30-39(40)32-57-62/h2-28,30-33,35,48,50,53,65H,29,34H2,1H3,(H,58,60)(H,59,66)/t48?,53-/m0/s1. The molecule has 1 fully saturated rings. The normalized spacial score (nSPS) is 15.8. The van der Waals surface area contributed by atoms with Crippen molar-refractivity contribution in [1.82, 2.24) is 25.0 Å². The SMILES string of the molecule is CON=C(C(=O)NC1C(=O)N2C(C(=O)OC(c3ccccc3)c3ccccc3)=C(C=CCn3cc4cc(O)c(=O)cc-4cn3)CS[C@@H]12)c1csc(NC(c2ccccc2)(c2ccccc2)c2ccccc2)n1. The second-order valence-electron chi connectivity index (χ2n) is 16.8. The first kappa shape index (κ1) is 47.1. The molecule has 1 aliphatic carbocycles. The molecule has 4 aliphatic rings. The van der Waals surface area contributed by atoms with Crippen LogP contribution in [0.1, 0.15) is 39.6 Å². The number of ether oxygens (including phenoxy) is 1. The number of phenols is 1. The number of phenolic OH excluding ortho intramolecular Hbond substituents is 1. The molecule has 3 aliphatic heterocycles. The summed E-state index contributed by atoms with van der Waals surface area (Å²) in [4.78, 5) is 67.0. The predicted molar refractivity (Wildman–Crippen MR) is 277 cm³/mol. The number of thioether (sulfide) groups is 1. The highest BCUT2D eigenvalue weighted by Crippen LogP contribution is 2.43. The average Bonchev–Trinajstić information content (AvgIpc) is 3.89. The van der Waals surface area contributed by atoms with Crippen LogP contribution in [0.4, 0.5) is 5.13 Å². The molecule has 16 heteroatoms. The van der Waals surface area contributed by atoms with Gasteiger partial charge in [0, 0.05) is 28.5 Å². The predicted octanol–water partition coefficient (Wildman–Crippen LogP) is 8.51. The second kappa shape index (κ2) is 20.8. The Kier molecular flexibility index (Phi) is 13.6. The molecule has 1 unspecified atom stereocenters. The Morgan fingerprint density at radius 2 is 1.42 bits per heavy atom. The molecule has 358 valence electrons. The molecule has 5 aromatic carbocycles. The number of rotatable bonds is 16. The van der Waals surface area contributed by atoms with Gasteiger partial charge in [0.05, 0.1) is 12.7 Å². The van der Waals surface area contributed by atoms with Crippen LogP contribution in [0.5, 0.6) is 5.75 Å². The summed E-state index contributed by atoms with van der Waals surface area (Å²) < 4.78 is 7.98. The summed E-state index contributed by atoms with van der Waals surface area (Å²) in [5.74, 6) is -2.02. The van der Waals surface area contributed by atoms with E-state index in [1.165, 1.54) is 53.4 Å². The molecule has 14 nitrogen and oxygen atoms in total. The molecule has 0 bridgehead atoms. The van der Waals surface area contributed by atoms with Crippen LogP contribution in [0.15, 0.2) is 215 Å². The molecule has 0 spiro atoms. The number of aromatic nitrogens is 3. The van der Waals surface area contributed by atoms with E-state index in [9.17, 15) is 24.3 Å². The minimum absolute atomic E-state index is 0.0476. The number of hydrogen-bond acceptors (Lipinski definition) is 13. The van der Waals surface area contributed by atoms with Crippen molar-refractivity contribution >= 4 is 51.7 Å². The van der Waals surface area contributed by atoms with E-state index in [0.717, 1.165) is 27.8 Å². The van der Waals surface area contributed by atoms with Gasteiger partial charge < -0.3 is 25.3 Å². The first-order chi connectivity index (χ1) is 35.2. The number of amides is 2. The van der Waals surface area contributed by atoms with E-state index in [4.69, 9.17) is 14.6 Å². The van der Waals surface area contributed by atoms with Crippen molar-refractivity contribution in [3.05, 3.63) is 249 Å². The van der Waals surface area contributed by atoms with Gasteiger partial charge in [-0.05, 0) is 45.5 Å². The Labute approximate surface area is 422 Å². The van der Waals surface area contributed by atoms with Crippen molar-refractivity contribution in [3.63, 3.8) is 0 Å². The molecule has 2 atom stereocenters. The van der Waals surface area contributed by atoms with Crippen LogP contribution in [-0.4, -0.2) is 72.5 Å². The molecule has 10 rings (SSSR count).